The molecule has 0 heterocycles. The smallest absolute Gasteiger partial charge is 0.0684 e. The summed E-state index contributed by atoms with van der Waals surface area (Å²) in [7, 11) is 0. The molecule has 2 N–H and O–H groups in total. The van der Waals surface area contributed by atoms with E-state index in [4.69, 9.17) is 0 Å². The largest absolute Gasteiger partial charge is 0.392 e. The summed E-state index contributed by atoms with van der Waals surface area (Å²) >= 11 is 0. The van der Waals surface area contributed by atoms with Crippen LogP contribution in [0.25, 0.3) is 0 Å². The minimum absolute atomic E-state index is 0.136. The Morgan fingerprint density at radius 2 is 1.80 bits per heavy atom. The van der Waals surface area contributed by atoms with Gasteiger partial charge in [0.1, 0.15) is 0 Å². The maximum Gasteiger partial charge on any atom is 0.0684 e. The number of aryl methyl sites for hydroxylation is 1. The molecular formula is C18H22O2. The van der Waals surface area contributed by atoms with Crippen molar-refractivity contribution in [2.45, 2.75) is 45.1 Å². The molecular weight excluding hydrogens is 248 g/mol. The molecule has 0 fully saturated rings. The Balaban J connectivity index is 1.94. The van der Waals surface area contributed by atoms with E-state index >= 15 is 0 Å². The Labute approximate surface area is 120 Å². The summed E-state index contributed by atoms with van der Waals surface area (Å²) < 4.78 is 0. The lowest BCUT2D eigenvalue weighted by Gasteiger charge is -2.25. The number of allylic oxidation sites excluding steroid dienone is 2. The van der Waals surface area contributed by atoms with E-state index in [0.717, 1.165) is 49.7 Å². The molecule has 20 heavy (non-hydrogen) atoms. The topological polar surface area (TPSA) is 40.5 Å². The van der Waals surface area contributed by atoms with E-state index < -0.39 is 0 Å². The van der Waals surface area contributed by atoms with Crippen LogP contribution >= 0.6 is 0 Å². The maximum atomic E-state index is 9.53. The fourth-order valence-electron chi connectivity index (χ4n) is 3.62. The summed E-state index contributed by atoms with van der Waals surface area (Å²) in [6.45, 7) is 0.305. The number of fused-ring (bicyclic) bond motifs is 1. The van der Waals surface area contributed by atoms with E-state index in [2.05, 4.69) is 12.1 Å². The van der Waals surface area contributed by atoms with Crippen molar-refractivity contribution in [3.8, 4) is 0 Å². The molecule has 2 nitrogen and oxygen atoms in total. The number of hydrogen-bond acceptors (Lipinski definition) is 2. The van der Waals surface area contributed by atoms with E-state index in [-0.39, 0.29) is 13.2 Å². The van der Waals surface area contributed by atoms with Crippen molar-refractivity contribution in [1.29, 1.82) is 0 Å². The van der Waals surface area contributed by atoms with Gasteiger partial charge in [-0.15, -0.1) is 0 Å². The maximum absolute atomic E-state index is 9.53. The fourth-order valence-corrected chi connectivity index (χ4v) is 3.62. The third kappa shape index (κ3) is 2.46. The van der Waals surface area contributed by atoms with Crippen molar-refractivity contribution < 1.29 is 10.2 Å². The molecule has 0 saturated heterocycles. The zero-order valence-corrected chi connectivity index (χ0v) is 11.9. The summed E-state index contributed by atoms with van der Waals surface area (Å²) in [6, 6.07) is 6.27. The van der Waals surface area contributed by atoms with Crippen molar-refractivity contribution in [2.75, 3.05) is 6.61 Å². The lowest BCUT2D eigenvalue weighted by molar-refractivity contribution is 0.280. The molecule has 0 unspecified atom stereocenters. The second-order valence-corrected chi connectivity index (χ2v) is 5.72. The number of rotatable bonds is 2. The van der Waals surface area contributed by atoms with Crippen LogP contribution < -0.4 is 0 Å². The minimum atomic E-state index is 0.136. The molecule has 0 bridgehead atoms. The highest BCUT2D eigenvalue weighted by atomic mass is 16.3. The van der Waals surface area contributed by atoms with Gasteiger partial charge in [0.25, 0.3) is 0 Å². The Morgan fingerprint density at radius 3 is 2.60 bits per heavy atom. The molecule has 0 saturated carbocycles. The van der Waals surface area contributed by atoms with Gasteiger partial charge in [-0.1, -0.05) is 29.8 Å². The molecule has 0 aromatic heterocycles. The standard InChI is InChI=1S/C18H22O2/c19-11-15-5-1-3-13-7-9-18-14(8-10-17(13)15)4-2-6-16(18)12-20/h1,3,5-6,19-20H,2,4,7-12H2. The van der Waals surface area contributed by atoms with Crippen LogP contribution in [0, 0.1) is 0 Å². The van der Waals surface area contributed by atoms with E-state index in [1.807, 2.05) is 12.1 Å². The van der Waals surface area contributed by atoms with Gasteiger partial charge in [-0.3, -0.25) is 0 Å². The predicted octanol–water partition coefficient (Wildman–Crippen LogP) is 3.07. The highest BCUT2D eigenvalue weighted by Gasteiger charge is 2.19. The van der Waals surface area contributed by atoms with Crippen molar-refractivity contribution in [1.82, 2.24) is 0 Å². The van der Waals surface area contributed by atoms with Crippen LogP contribution in [0.5, 0.6) is 0 Å². The second-order valence-electron chi connectivity index (χ2n) is 5.72. The molecule has 3 rings (SSSR count). The van der Waals surface area contributed by atoms with Gasteiger partial charge in [0.15, 0.2) is 0 Å². The molecule has 2 aliphatic carbocycles. The minimum Gasteiger partial charge on any atom is -0.392 e. The van der Waals surface area contributed by atoms with Gasteiger partial charge in [0.2, 0.25) is 0 Å². The lowest BCUT2D eigenvalue weighted by Crippen LogP contribution is -2.11. The van der Waals surface area contributed by atoms with Crippen LogP contribution in [0.1, 0.15) is 42.4 Å². The zero-order valence-electron chi connectivity index (χ0n) is 11.9. The van der Waals surface area contributed by atoms with Gasteiger partial charge in [0, 0.05) is 0 Å². The van der Waals surface area contributed by atoms with E-state index in [9.17, 15) is 10.2 Å². The molecule has 0 radical (unpaired) electrons. The first-order valence-electron chi connectivity index (χ1n) is 7.55. The monoisotopic (exact) mass is 270 g/mol. The molecule has 1 aromatic rings. The molecule has 0 atom stereocenters. The van der Waals surface area contributed by atoms with Crippen molar-refractivity contribution in [3.05, 3.63) is 57.7 Å². The van der Waals surface area contributed by atoms with Gasteiger partial charge < -0.3 is 10.2 Å². The number of aliphatic hydroxyl groups excluding tert-OH is 2. The van der Waals surface area contributed by atoms with Gasteiger partial charge in [-0.25, -0.2) is 0 Å². The quantitative estimate of drug-likeness (QED) is 0.867. The Kier molecular flexibility index (Phi) is 4.04. The van der Waals surface area contributed by atoms with Gasteiger partial charge in [-0.05, 0) is 66.4 Å². The van der Waals surface area contributed by atoms with Crippen molar-refractivity contribution in [2.24, 2.45) is 0 Å². The average Bonchev–Trinajstić information content (AvgIpc) is 2.48. The molecule has 106 valence electrons. The summed E-state index contributed by atoms with van der Waals surface area (Å²) in [6.07, 6.45) is 8.51. The van der Waals surface area contributed by atoms with Gasteiger partial charge in [-0.2, -0.15) is 0 Å². The number of hydrogen-bond donors (Lipinski definition) is 2. The summed E-state index contributed by atoms with van der Waals surface area (Å²) in [4.78, 5) is 0. The first-order chi connectivity index (χ1) is 9.83. The molecule has 2 heteroatoms. The molecule has 0 spiro atoms. The fraction of sp³-hybridized carbons (Fsp3) is 0.444. The van der Waals surface area contributed by atoms with Crippen molar-refractivity contribution >= 4 is 0 Å². The van der Waals surface area contributed by atoms with E-state index in [0.29, 0.717) is 0 Å². The Bertz CT molecular complexity index is 567. The molecule has 2 aliphatic rings. The van der Waals surface area contributed by atoms with Gasteiger partial charge in [0.05, 0.1) is 13.2 Å². The van der Waals surface area contributed by atoms with Crippen LogP contribution in [0.2, 0.25) is 0 Å². The zero-order chi connectivity index (χ0) is 13.9. The second kappa shape index (κ2) is 5.94. The van der Waals surface area contributed by atoms with Crippen LogP contribution in [-0.2, 0) is 19.4 Å². The van der Waals surface area contributed by atoms with E-state index in [1.54, 1.807) is 0 Å². The molecule has 0 aliphatic heterocycles. The predicted molar refractivity (Wildman–Crippen MR) is 80.4 cm³/mol. The van der Waals surface area contributed by atoms with Crippen LogP contribution in [-0.4, -0.2) is 16.8 Å². The molecule has 0 amide bonds. The first kappa shape index (κ1) is 13.6. The summed E-state index contributed by atoms with van der Waals surface area (Å²) in [5, 5.41) is 19.0. The molecule has 1 aromatic carbocycles. The first-order valence-corrected chi connectivity index (χ1v) is 7.55. The van der Waals surface area contributed by atoms with Crippen LogP contribution in [0.15, 0.2) is 41.0 Å². The highest BCUT2D eigenvalue weighted by molar-refractivity contribution is 5.43. The van der Waals surface area contributed by atoms with Crippen LogP contribution in [0.4, 0.5) is 0 Å². The number of benzene rings is 1. The summed E-state index contributed by atoms with van der Waals surface area (Å²) in [5.74, 6) is 0. The summed E-state index contributed by atoms with van der Waals surface area (Å²) in [5.41, 5.74) is 7.87. The number of aliphatic hydroxyl groups is 2. The van der Waals surface area contributed by atoms with Crippen LogP contribution in [0.3, 0.4) is 0 Å². The van der Waals surface area contributed by atoms with Crippen molar-refractivity contribution in [3.63, 3.8) is 0 Å². The Morgan fingerprint density at radius 1 is 0.900 bits per heavy atom. The third-order valence-electron chi connectivity index (χ3n) is 4.68. The van der Waals surface area contributed by atoms with E-state index in [1.165, 1.54) is 22.3 Å². The lowest BCUT2D eigenvalue weighted by atomic mass is 9.81. The third-order valence-corrected chi connectivity index (χ3v) is 4.68. The average molecular weight is 270 g/mol. The Hall–Kier alpha value is -1.38. The normalized spacial score (nSPS) is 18.8. The SMILES string of the molecule is OCC1=CCCC2=C1CCc1cccc(CO)c1CC2. The van der Waals surface area contributed by atoms with Gasteiger partial charge >= 0.3 is 0 Å². The highest BCUT2D eigenvalue weighted by Crippen LogP contribution is 2.34.